The molecule has 1 atom stereocenters. The summed E-state index contributed by atoms with van der Waals surface area (Å²) in [6, 6.07) is 14.9. The van der Waals surface area contributed by atoms with Crippen LogP contribution in [0.25, 0.3) is 0 Å². The van der Waals surface area contributed by atoms with Crippen molar-refractivity contribution in [2.24, 2.45) is 0 Å². The first-order valence-electron chi connectivity index (χ1n) is 11.9. The zero-order valence-corrected chi connectivity index (χ0v) is 19.4. The van der Waals surface area contributed by atoms with E-state index in [2.05, 4.69) is 0 Å². The third kappa shape index (κ3) is 5.35. The van der Waals surface area contributed by atoms with E-state index in [1.165, 1.54) is 6.92 Å². The molecule has 34 heavy (non-hydrogen) atoms. The second-order valence-corrected chi connectivity index (χ2v) is 8.98. The van der Waals surface area contributed by atoms with E-state index in [0.717, 1.165) is 49.0 Å². The lowest BCUT2D eigenvalue weighted by molar-refractivity contribution is -0.140. The SMILES string of the molecule is CC(=O)Oc1ccc(N2C(=O)CC(N(C(=O)Cc3ccccc3)C3CCCCCC3)C2=O)cc1. The molecule has 0 spiro atoms. The Labute approximate surface area is 199 Å². The van der Waals surface area contributed by atoms with E-state index in [-0.39, 0.29) is 36.6 Å². The van der Waals surface area contributed by atoms with Crippen molar-refractivity contribution in [3.8, 4) is 5.75 Å². The van der Waals surface area contributed by atoms with E-state index in [9.17, 15) is 19.2 Å². The van der Waals surface area contributed by atoms with Crippen molar-refractivity contribution in [3.63, 3.8) is 0 Å². The number of rotatable bonds is 6. The number of carbonyl (C=O) groups is 4. The molecule has 2 aliphatic rings. The summed E-state index contributed by atoms with van der Waals surface area (Å²) in [6.07, 6.45) is 6.12. The molecule has 1 saturated carbocycles. The van der Waals surface area contributed by atoms with Gasteiger partial charge in [0.2, 0.25) is 11.8 Å². The minimum absolute atomic E-state index is 0.0262. The number of anilines is 1. The van der Waals surface area contributed by atoms with Crippen molar-refractivity contribution in [1.82, 2.24) is 4.90 Å². The van der Waals surface area contributed by atoms with Crippen LogP contribution in [0.4, 0.5) is 5.69 Å². The fourth-order valence-corrected chi connectivity index (χ4v) is 4.96. The highest BCUT2D eigenvalue weighted by Crippen LogP contribution is 2.32. The number of hydrogen-bond donors (Lipinski definition) is 0. The number of ether oxygens (including phenoxy) is 1. The van der Waals surface area contributed by atoms with Gasteiger partial charge in [0.25, 0.3) is 5.91 Å². The van der Waals surface area contributed by atoms with Gasteiger partial charge in [0.05, 0.1) is 18.5 Å². The fraction of sp³-hybridized carbons (Fsp3) is 0.407. The summed E-state index contributed by atoms with van der Waals surface area (Å²) in [5, 5.41) is 0. The van der Waals surface area contributed by atoms with Gasteiger partial charge in [0.15, 0.2) is 0 Å². The third-order valence-corrected chi connectivity index (χ3v) is 6.52. The number of carbonyl (C=O) groups excluding carboxylic acids is 4. The average molecular weight is 463 g/mol. The number of benzene rings is 2. The van der Waals surface area contributed by atoms with E-state index in [0.29, 0.717) is 11.4 Å². The highest BCUT2D eigenvalue weighted by molar-refractivity contribution is 6.23. The van der Waals surface area contributed by atoms with Gasteiger partial charge in [-0.3, -0.25) is 19.2 Å². The van der Waals surface area contributed by atoms with Crippen molar-refractivity contribution in [3.05, 3.63) is 60.2 Å². The van der Waals surface area contributed by atoms with Crippen molar-refractivity contribution in [2.45, 2.75) is 70.4 Å². The summed E-state index contributed by atoms with van der Waals surface area (Å²) in [4.78, 5) is 54.1. The largest absolute Gasteiger partial charge is 0.427 e. The second-order valence-electron chi connectivity index (χ2n) is 8.98. The topological polar surface area (TPSA) is 84.0 Å². The molecule has 4 rings (SSSR count). The second kappa shape index (κ2) is 10.6. The Morgan fingerprint density at radius 3 is 2.21 bits per heavy atom. The predicted molar refractivity (Wildman–Crippen MR) is 127 cm³/mol. The van der Waals surface area contributed by atoms with E-state index in [4.69, 9.17) is 4.74 Å². The Hall–Kier alpha value is -3.48. The van der Waals surface area contributed by atoms with E-state index < -0.39 is 12.0 Å². The minimum atomic E-state index is -0.806. The van der Waals surface area contributed by atoms with Gasteiger partial charge in [-0.05, 0) is 42.7 Å². The molecule has 7 heteroatoms. The Morgan fingerprint density at radius 1 is 0.941 bits per heavy atom. The number of hydrogen-bond acceptors (Lipinski definition) is 5. The smallest absolute Gasteiger partial charge is 0.308 e. The van der Waals surface area contributed by atoms with Gasteiger partial charge in [-0.2, -0.15) is 0 Å². The van der Waals surface area contributed by atoms with E-state index in [1.807, 2.05) is 30.3 Å². The molecule has 2 aromatic rings. The molecule has 1 heterocycles. The molecule has 178 valence electrons. The summed E-state index contributed by atoms with van der Waals surface area (Å²) >= 11 is 0. The number of amides is 3. The molecule has 2 fully saturated rings. The zero-order valence-electron chi connectivity index (χ0n) is 19.4. The van der Waals surface area contributed by atoms with Crippen LogP contribution in [0.2, 0.25) is 0 Å². The fourth-order valence-electron chi connectivity index (χ4n) is 4.96. The van der Waals surface area contributed by atoms with E-state index in [1.54, 1.807) is 29.2 Å². The van der Waals surface area contributed by atoms with Crippen LogP contribution in [0.15, 0.2) is 54.6 Å². The number of nitrogens with zero attached hydrogens (tertiary/aromatic N) is 2. The molecule has 2 aromatic carbocycles. The average Bonchev–Trinajstić information content (AvgIpc) is 2.97. The van der Waals surface area contributed by atoms with Gasteiger partial charge in [0, 0.05) is 13.0 Å². The molecular formula is C27H30N2O5. The van der Waals surface area contributed by atoms with Crippen LogP contribution < -0.4 is 9.64 Å². The maximum Gasteiger partial charge on any atom is 0.308 e. The molecule has 1 saturated heterocycles. The maximum absolute atomic E-state index is 13.5. The highest BCUT2D eigenvalue weighted by Gasteiger charge is 2.46. The summed E-state index contributed by atoms with van der Waals surface area (Å²) in [6.45, 7) is 1.31. The summed E-state index contributed by atoms with van der Waals surface area (Å²) < 4.78 is 5.04. The first-order valence-corrected chi connectivity index (χ1v) is 11.9. The van der Waals surface area contributed by atoms with Crippen molar-refractivity contribution < 1.29 is 23.9 Å². The standard InChI is InChI=1S/C27H30N2O5/c1-19(30)34-23-15-13-22(14-16-23)29-26(32)18-24(27(29)33)28(21-11-7-2-3-8-12-21)25(31)17-20-9-5-4-6-10-20/h4-6,9-10,13-16,21,24H,2-3,7-8,11-12,17-18H2,1H3. The third-order valence-electron chi connectivity index (χ3n) is 6.52. The van der Waals surface area contributed by atoms with Crippen LogP contribution >= 0.6 is 0 Å². The molecule has 1 aliphatic carbocycles. The van der Waals surface area contributed by atoms with Crippen LogP contribution in [-0.4, -0.2) is 40.7 Å². The zero-order chi connectivity index (χ0) is 24.1. The van der Waals surface area contributed by atoms with Gasteiger partial charge in [-0.25, -0.2) is 4.90 Å². The number of esters is 1. The Bertz CT molecular complexity index is 1040. The monoisotopic (exact) mass is 462 g/mol. The first kappa shape index (κ1) is 23.7. The molecule has 7 nitrogen and oxygen atoms in total. The van der Waals surface area contributed by atoms with Crippen LogP contribution in [0.3, 0.4) is 0 Å². The van der Waals surface area contributed by atoms with Crippen molar-refractivity contribution in [1.29, 1.82) is 0 Å². The Kier molecular flexibility index (Phi) is 7.40. The molecule has 0 N–H and O–H groups in total. The molecule has 3 amide bonds. The lowest BCUT2D eigenvalue weighted by Crippen LogP contribution is -2.51. The summed E-state index contributed by atoms with van der Waals surface area (Å²) in [5.41, 5.74) is 1.30. The lowest BCUT2D eigenvalue weighted by Gasteiger charge is -2.35. The van der Waals surface area contributed by atoms with Gasteiger partial charge >= 0.3 is 5.97 Å². The highest BCUT2D eigenvalue weighted by atomic mass is 16.5. The van der Waals surface area contributed by atoms with Crippen LogP contribution in [0.5, 0.6) is 5.75 Å². The molecule has 0 bridgehead atoms. The normalized spacial score (nSPS) is 19.1. The van der Waals surface area contributed by atoms with Crippen molar-refractivity contribution in [2.75, 3.05) is 4.90 Å². The van der Waals surface area contributed by atoms with Crippen molar-refractivity contribution >= 4 is 29.4 Å². The molecule has 0 aromatic heterocycles. The Morgan fingerprint density at radius 2 is 1.59 bits per heavy atom. The lowest BCUT2D eigenvalue weighted by atomic mass is 10.0. The quantitative estimate of drug-likeness (QED) is 0.280. The van der Waals surface area contributed by atoms with Crippen LogP contribution in [-0.2, 0) is 25.6 Å². The minimum Gasteiger partial charge on any atom is -0.427 e. The van der Waals surface area contributed by atoms with E-state index >= 15 is 0 Å². The predicted octanol–water partition coefficient (Wildman–Crippen LogP) is 4.04. The van der Waals surface area contributed by atoms with Gasteiger partial charge in [0.1, 0.15) is 11.8 Å². The van der Waals surface area contributed by atoms with Gasteiger partial charge in [-0.1, -0.05) is 56.0 Å². The van der Waals surface area contributed by atoms with Gasteiger partial charge < -0.3 is 9.64 Å². The van der Waals surface area contributed by atoms with Crippen LogP contribution in [0.1, 0.15) is 57.4 Å². The maximum atomic E-state index is 13.5. The summed E-state index contributed by atoms with van der Waals surface area (Å²) in [5.74, 6) is -0.935. The molecule has 0 radical (unpaired) electrons. The van der Waals surface area contributed by atoms with Crippen LogP contribution in [0, 0.1) is 0 Å². The molecule has 1 aliphatic heterocycles. The van der Waals surface area contributed by atoms with Gasteiger partial charge in [-0.15, -0.1) is 0 Å². The molecule has 1 unspecified atom stereocenters. The Balaban J connectivity index is 1.59. The first-order chi connectivity index (χ1) is 16.4. The number of imide groups is 1. The molecular weight excluding hydrogens is 432 g/mol. The summed E-state index contributed by atoms with van der Waals surface area (Å²) in [7, 11) is 0.